The Hall–Kier alpha value is -2.11. The molecule has 1 aromatic rings. The number of benzene rings is 1. The maximum absolute atomic E-state index is 12.1. The second-order valence-electron chi connectivity index (χ2n) is 5.77. The van der Waals surface area contributed by atoms with Crippen LogP contribution in [-0.4, -0.2) is 31.0 Å². The van der Waals surface area contributed by atoms with E-state index in [1.165, 1.54) is 12.1 Å². The Morgan fingerprint density at radius 3 is 2.15 bits per heavy atom. The number of hydrogen-bond donors (Lipinski definition) is 1. The molecule has 0 radical (unpaired) electrons. The summed E-state index contributed by atoms with van der Waals surface area (Å²) >= 11 is 0. The first-order valence-electron chi connectivity index (χ1n) is 6.37. The van der Waals surface area contributed by atoms with Gasteiger partial charge in [0.05, 0.1) is 4.92 Å². The van der Waals surface area contributed by atoms with Gasteiger partial charge < -0.3 is 10.2 Å². The number of nitrogens with zero attached hydrogens (tertiary/aromatic N) is 2. The van der Waals surface area contributed by atoms with Gasteiger partial charge in [-0.15, -0.1) is 0 Å². The number of non-ortho nitro benzene ring substituents is 1. The third-order valence-corrected chi connectivity index (χ3v) is 3.17. The summed E-state index contributed by atoms with van der Waals surface area (Å²) < 4.78 is 0. The molecule has 0 aliphatic rings. The molecule has 0 aliphatic heterocycles. The summed E-state index contributed by atoms with van der Waals surface area (Å²) in [5.74, 6) is -0.0849. The van der Waals surface area contributed by atoms with Crippen molar-refractivity contribution in [3.8, 4) is 0 Å². The predicted molar refractivity (Wildman–Crippen MR) is 78.8 cm³/mol. The lowest BCUT2D eigenvalue weighted by Crippen LogP contribution is -2.51. The number of nitro groups is 1. The van der Waals surface area contributed by atoms with E-state index in [0.29, 0.717) is 0 Å². The van der Waals surface area contributed by atoms with Gasteiger partial charge in [0.2, 0.25) is 5.91 Å². The van der Waals surface area contributed by atoms with Gasteiger partial charge in [0.25, 0.3) is 5.69 Å². The zero-order valence-corrected chi connectivity index (χ0v) is 12.5. The Morgan fingerprint density at radius 1 is 1.30 bits per heavy atom. The number of nitro benzene ring substituents is 1. The quantitative estimate of drug-likeness (QED) is 0.677. The molecule has 1 amide bonds. The summed E-state index contributed by atoms with van der Waals surface area (Å²) in [6.45, 7) is 5.94. The third kappa shape index (κ3) is 3.46. The van der Waals surface area contributed by atoms with Crippen LogP contribution in [0.5, 0.6) is 0 Å². The van der Waals surface area contributed by atoms with Crippen LogP contribution >= 0.6 is 0 Å². The molecule has 20 heavy (non-hydrogen) atoms. The van der Waals surface area contributed by atoms with Crippen LogP contribution in [0.2, 0.25) is 0 Å². The van der Waals surface area contributed by atoms with Crippen molar-refractivity contribution in [2.75, 3.05) is 19.0 Å². The van der Waals surface area contributed by atoms with Crippen molar-refractivity contribution in [2.24, 2.45) is 5.41 Å². The van der Waals surface area contributed by atoms with E-state index < -0.39 is 4.92 Å². The van der Waals surface area contributed by atoms with Crippen LogP contribution in [0.1, 0.15) is 20.8 Å². The molecule has 1 N–H and O–H groups in total. The summed E-state index contributed by atoms with van der Waals surface area (Å²) in [7, 11) is 3.41. The van der Waals surface area contributed by atoms with E-state index in [9.17, 15) is 14.9 Å². The molecule has 1 rings (SSSR count). The summed E-state index contributed by atoms with van der Waals surface area (Å²) in [6, 6.07) is 5.82. The minimum atomic E-state index is -0.441. The number of likely N-dealkylation sites (N-methyl/N-ethyl adjacent to an activating group) is 2. The van der Waals surface area contributed by atoms with Crippen molar-refractivity contribution in [2.45, 2.75) is 26.8 Å². The van der Waals surface area contributed by atoms with Crippen LogP contribution in [0, 0.1) is 15.5 Å². The van der Waals surface area contributed by atoms with Crippen LogP contribution in [0.25, 0.3) is 0 Å². The Morgan fingerprint density at radius 2 is 1.80 bits per heavy atom. The fraction of sp³-hybridized carbons (Fsp3) is 0.500. The smallest absolute Gasteiger partial charge is 0.269 e. The number of rotatable bonds is 4. The van der Waals surface area contributed by atoms with Crippen molar-refractivity contribution in [3.05, 3.63) is 34.4 Å². The van der Waals surface area contributed by atoms with Crippen molar-refractivity contribution in [1.82, 2.24) is 5.32 Å². The molecule has 1 atom stereocenters. The largest absolute Gasteiger partial charge is 0.362 e. The second-order valence-corrected chi connectivity index (χ2v) is 5.77. The monoisotopic (exact) mass is 279 g/mol. The molecule has 0 saturated heterocycles. The van der Waals surface area contributed by atoms with Gasteiger partial charge >= 0.3 is 0 Å². The first kappa shape index (κ1) is 15.9. The Labute approximate surface area is 118 Å². The van der Waals surface area contributed by atoms with Gasteiger partial charge in [-0.2, -0.15) is 0 Å². The molecule has 6 nitrogen and oxygen atoms in total. The highest BCUT2D eigenvalue weighted by Gasteiger charge is 2.34. The Kier molecular flexibility index (Phi) is 4.70. The van der Waals surface area contributed by atoms with E-state index in [4.69, 9.17) is 0 Å². The molecule has 0 bridgehead atoms. The first-order valence-corrected chi connectivity index (χ1v) is 6.37. The minimum Gasteiger partial charge on any atom is -0.362 e. The van der Waals surface area contributed by atoms with Crippen molar-refractivity contribution < 1.29 is 9.72 Å². The van der Waals surface area contributed by atoms with Crippen LogP contribution in [0.3, 0.4) is 0 Å². The fourth-order valence-corrected chi connectivity index (χ4v) is 2.25. The standard InChI is InChI=1S/C14H21N3O3/c1-14(2,3)12(13(18)15-4)16(5)10-6-8-11(9-7-10)17(19)20/h6-9,12H,1-5H3,(H,15,18)/t12-/m0/s1. The minimum absolute atomic E-state index is 0.0365. The van der Waals surface area contributed by atoms with E-state index in [1.807, 2.05) is 32.7 Å². The zero-order chi connectivity index (χ0) is 15.5. The van der Waals surface area contributed by atoms with Gasteiger partial charge in [0, 0.05) is 31.9 Å². The molecule has 6 heteroatoms. The predicted octanol–water partition coefficient (Wildman–Crippen LogP) is 2.19. The summed E-state index contributed by atoms with van der Waals surface area (Å²) in [5.41, 5.74) is 0.532. The number of nitrogens with one attached hydrogen (secondary N) is 1. The molecule has 0 fully saturated rings. The molecule has 0 heterocycles. The molecular weight excluding hydrogens is 258 g/mol. The highest BCUT2D eigenvalue weighted by atomic mass is 16.6. The Balaban J connectivity index is 3.09. The number of anilines is 1. The van der Waals surface area contributed by atoms with Crippen LogP contribution in [-0.2, 0) is 4.79 Å². The number of carbonyl (C=O) groups is 1. The molecule has 0 aliphatic carbocycles. The molecule has 0 saturated carbocycles. The highest BCUT2D eigenvalue weighted by molar-refractivity contribution is 5.85. The van der Waals surface area contributed by atoms with Crippen molar-refractivity contribution in [1.29, 1.82) is 0 Å². The van der Waals surface area contributed by atoms with Crippen LogP contribution in [0.4, 0.5) is 11.4 Å². The lowest BCUT2D eigenvalue weighted by atomic mass is 9.85. The summed E-state index contributed by atoms with van der Waals surface area (Å²) in [6.07, 6.45) is 0. The fourth-order valence-electron chi connectivity index (χ4n) is 2.25. The summed E-state index contributed by atoms with van der Waals surface area (Å²) in [5, 5.41) is 13.3. The van der Waals surface area contributed by atoms with Crippen LogP contribution in [0.15, 0.2) is 24.3 Å². The highest BCUT2D eigenvalue weighted by Crippen LogP contribution is 2.28. The van der Waals surface area contributed by atoms with E-state index >= 15 is 0 Å². The number of hydrogen-bond acceptors (Lipinski definition) is 4. The van der Waals surface area contributed by atoms with E-state index in [2.05, 4.69) is 5.32 Å². The second kappa shape index (κ2) is 5.90. The average molecular weight is 279 g/mol. The zero-order valence-electron chi connectivity index (χ0n) is 12.5. The molecule has 110 valence electrons. The third-order valence-electron chi connectivity index (χ3n) is 3.17. The van der Waals surface area contributed by atoms with Gasteiger partial charge in [-0.1, -0.05) is 20.8 Å². The van der Waals surface area contributed by atoms with Gasteiger partial charge in [-0.05, 0) is 17.5 Å². The maximum atomic E-state index is 12.1. The SMILES string of the molecule is CNC(=O)[C@H](N(C)c1ccc([N+](=O)[O-])cc1)C(C)(C)C. The lowest BCUT2D eigenvalue weighted by molar-refractivity contribution is -0.384. The molecule has 1 aromatic carbocycles. The van der Waals surface area contributed by atoms with Gasteiger partial charge in [-0.25, -0.2) is 0 Å². The van der Waals surface area contributed by atoms with E-state index in [-0.39, 0.29) is 23.1 Å². The normalized spacial score (nSPS) is 12.7. The molecule has 0 aromatic heterocycles. The molecule has 0 spiro atoms. The molecular formula is C14H21N3O3. The van der Waals surface area contributed by atoms with Crippen molar-refractivity contribution in [3.63, 3.8) is 0 Å². The maximum Gasteiger partial charge on any atom is 0.269 e. The van der Waals surface area contributed by atoms with Crippen LogP contribution < -0.4 is 10.2 Å². The van der Waals surface area contributed by atoms with Gasteiger partial charge in [0.1, 0.15) is 6.04 Å². The van der Waals surface area contributed by atoms with E-state index in [0.717, 1.165) is 5.69 Å². The first-order chi connectivity index (χ1) is 9.18. The number of carbonyl (C=O) groups excluding carboxylic acids is 1. The lowest BCUT2D eigenvalue weighted by Gasteiger charge is -2.37. The topological polar surface area (TPSA) is 75.5 Å². The van der Waals surface area contributed by atoms with Gasteiger partial charge in [-0.3, -0.25) is 14.9 Å². The summed E-state index contributed by atoms with van der Waals surface area (Å²) in [4.78, 5) is 24.1. The number of amides is 1. The average Bonchev–Trinajstić information content (AvgIpc) is 2.37. The Bertz CT molecular complexity index is 491. The molecule has 0 unspecified atom stereocenters. The van der Waals surface area contributed by atoms with E-state index in [1.54, 1.807) is 19.2 Å². The van der Waals surface area contributed by atoms with Gasteiger partial charge in [0.15, 0.2) is 0 Å². The van der Waals surface area contributed by atoms with Crippen molar-refractivity contribution >= 4 is 17.3 Å².